The van der Waals surface area contributed by atoms with Crippen LogP contribution >= 0.6 is 0 Å². The van der Waals surface area contributed by atoms with Crippen LogP contribution in [0.4, 0.5) is 0 Å². The number of hydrogen-bond donors (Lipinski definition) is 0. The number of aromatic nitrogens is 2. The molecule has 0 saturated carbocycles. The average Bonchev–Trinajstić information content (AvgIpc) is 3.25. The van der Waals surface area contributed by atoms with E-state index >= 15 is 0 Å². The molecule has 11 rings (SSSR count). The van der Waals surface area contributed by atoms with Gasteiger partial charge in [-0.1, -0.05) is 152 Å². The van der Waals surface area contributed by atoms with Crippen LogP contribution in [0.1, 0.15) is 0 Å². The summed E-state index contributed by atoms with van der Waals surface area (Å²) in [6.45, 7) is 0. The Hall–Kier alpha value is -7.16. The molecule has 250 valence electrons. The molecule has 11 aromatic rings. The topological polar surface area (TPSA) is 25.8 Å². The molecule has 0 aliphatic rings. The first-order valence-electron chi connectivity index (χ1n) is 18.5. The molecule has 2 heterocycles. The molecule has 0 aliphatic heterocycles. The van der Waals surface area contributed by atoms with Gasteiger partial charge in [-0.15, -0.1) is 0 Å². The third-order valence-corrected chi connectivity index (χ3v) is 11.0. The Morgan fingerprint density at radius 2 is 0.852 bits per heavy atom. The van der Waals surface area contributed by atoms with Gasteiger partial charge in [0.05, 0.1) is 16.7 Å². The molecule has 0 N–H and O–H groups in total. The van der Waals surface area contributed by atoms with Crippen molar-refractivity contribution in [3.8, 4) is 44.6 Å². The van der Waals surface area contributed by atoms with Gasteiger partial charge in [0.2, 0.25) is 0 Å². The molecule has 2 nitrogen and oxygen atoms in total. The molecule has 0 fully saturated rings. The maximum absolute atomic E-state index is 5.43. The predicted octanol–water partition coefficient (Wildman–Crippen LogP) is 14.1. The van der Waals surface area contributed by atoms with Gasteiger partial charge in [-0.25, -0.2) is 4.98 Å². The number of pyridine rings is 2. The lowest BCUT2D eigenvalue weighted by Gasteiger charge is -2.21. The van der Waals surface area contributed by atoms with Crippen molar-refractivity contribution in [3.63, 3.8) is 0 Å². The van der Waals surface area contributed by atoms with E-state index in [-0.39, 0.29) is 0 Å². The minimum atomic E-state index is 0.917. The van der Waals surface area contributed by atoms with Crippen LogP contribution in [0, 0.1) is 0 Å². The molecule has 0 bridgehead atoms. The summed E-state index contributed by atoms with van der Waals surface area (Å²) in [4.78, 5) is 10.2. The number of rotatable bonds is 4. The van der Waals surface area contributed by atoms with Crippen LogP contribution in [0.5, 0.6) is 0 Å². The molecular formula is C52H32N2. The molecule has 0 aliphatic carbocycles. The van der Waals surface area contributed by atoms with Gasteiger partial charge in [0.25, 0.3) is 0 Å². The zero-order chi connectivity index (χ0) is 35.6. The summed E-state index contributed by atoms with van der Waals surface area (Å²) in [6, 6.07) is 68.3. The molecule has 0 unspecified atom stereocenters. The fraction of sp³-hybridized carbons (Fsp3) is 0. The predicted molar refractivity (Wildman–Crippen MR) is 229 cm³/mol. The second kappa shape index (κ2) is 12.2. The van der Waals surface area contributed by atoms with Gasteiger partial charge in [0.15, 0.2) is 0 Å². The fourth-order valence-corrected chi connectivity index (χ4v) is 8.46. The second-order valence-corrected chi connectivity index (χ2v) is 14.1. The van der Waals surface area contributed by atoms with E-state index in [4.69, 9.17) is 9.97 Å². The zero-order valence-electron chi connectivity index (χ0n) is 29.4. The van der Waals surface area contributed by atoms with Gasteiger partial charge >= 0.3 is 0 Å². The highest BCUT2D eigenvalue weighted by Crippen LogP contribution is 2.48. The number of hydrogen-bond acceptors (Lipinski definition) is 2. The highest BCUT2D eigenvalue weighted by atomic mass is 14.8. The van der Waals surface area contributed by atoms with Crippen LogP contribution in [0.25, 0.3) is 110 Å². The number of nitrogens with zero attached hydrogens (tertiary/aromatic N) is 2. The first-order chi connectivity index (χ1) is 26.8. The molecule has 0 radical (unpaired) electrons. The minimum Gasteiger partial charge on any atom is -0.254 e. The van der Waals surface area contributed by atoms with E-state index in [1.165, 1.54) is 76.5 Å². The largest absolute Gasteiger partial charge is 0.254 e. The molecule has 0 saturated heterocycles. The summed E-state index contributed by atoms with van der Waals surface area (Å²) < 4.78 is 0. The monoisotopic (exact) mass is 684 g/mol. The highest BCUT2D eigenvalue weighted by molar-refractivity contribution is 6.23. The summed E-state index contributed by atoms with van der Waals surface area (Å²) in [5.41, 5.74) is 11.1. The SMILES string of the molecule is c1ccc(-c2cc3ccccc3cc2-c2c3ccccc3c(-c3ccc4ccc5cccnc5c4n3)c3ccc(-c4ccc5ccccc5c4)cc23)cc1. The Labute approximate surface area is 312 Å². The third kappa shape index (κ3) is 4.88. The van der Waals surface area contributed by atoms with Crippen molar-refractivity contribution >= 4 is 64.9 Å². The standard InChI is InChI=1S/C52H32N2/c1-2-12-34(13-3-1)45-30-38-15-6-7-16-39(38)31-47(45)49-42-18-8-9-19-43(42)50(48-27-25-36-22-21-35-17-10-28-53-51(35)52(36)54-48)44-26-24-41(32-46(44)49)40-23-20-33-11-4-5-14-37(33)29-40/h1-32H. The maximum atomic E-state index is 5.43. The smallest absolute Gasteiger partial charge is 0.0972 e. The Balaban J connectivity index is 1.28. The zero-order valence-corrected chi connectivity index (χ0v) is 29.4. The van der Waals surface area contributed by atoms with Crippen molar-refractivity contribution in [1.29, 1.82) is 0 Å². The van der Waals surface area contributed by atoms with Crippen molar-refractivity contribution in [2.24, 2.45) is 0 Å². The van der Waals surface area contributed by atoms with Gasteiger partial charge in [-0.3, -0.25) is 4.98 Å². The van der Waals surface area contributed by atoms with Gasteiger partial charge in [0.1, 0.15) is 0 Å². The van der Waals surface area contributed by atoms with Gasteiger partial charge in [0, 0.05) is 22.5 Å². The highest BCUT2D eigenvalue weighted by Gasteiger charge is 2.21. The Morgan fingerprint density at radius 1 is 0.296 bits per heavy atom. The van der Waals surface area contributed by atoms with Crippen LogP contribution in [0.2, 0.25) is 0 Å². The lowest BCUT2D eigenvalue weighted by atomic mass is 9.83. The average molecular weight is 685 g/mol. The second-order valence-electron chi connectivity index (χ2n) is 14.1. The maximum Gasteiger partial charge on any atom is 0.0972 e. The first-order valence-corrected chi connectivity index (χ1v) is 18.5. The molecule has 0 atom stereocenters. The van der Waals surface area contributed by atoms with E-state index in [9.17, 15) is 0 Å². The molecular weight excluding hydrogens is 653 g/mol. The molecule has 2 aromatic heterocycles. The van der Waals surface area contributed by atoms with E-state index in [0.29, 0.717) is 0 Å². The van der Waals surface area contributed by atoms with Crippen LogP contribution in [0.3, 0.4) is 0 Å². The molecule has 0 amide bonds. The Morgan fingerprint density at radius 3 is 1.65 bits per heavy atom. The molecule has 54 heavy (non-hydrogen) atoms. The Kier molecular flexibility index (Phi) is 6.90. The van der Waals surface area contributed by atoms with E-state index in [2.05, 4.69) is 182 Å². The summed E-state index contributed by atoms with van der Waals surface area (Å²) in [6.07, 6.45) is 1.86. The number of benzene rings is 9. The lowest BCUT2D eigenvalue weighted by Crippen LogP contribution is -1.95. The van der Waals surface area contributed by atoms with Crippen molar-refractivity contribution in [2.45, 2.75) is 0 Å². The van der Waals surface area contributed by atoms with Crippen LogP contribution < -0.4 is 0 Å². The van der Waals surface area contributed by atoms with E-state index in [1.807, 2.05) is 12.3 Å². The van der Waals surface area contributed by atoms with Gasteiger partial charge < -0.3 is 0 Å². The molecule has 2 heteroatoms. The van der Waals surface area contributed by atoms with E-state index < -0.39 is 0 Å². The fourth-order valence-electron chi connectivity index (χ4n) is 8.46. The third-order valence-electron chi connectivity index (χ3n) is 11.0. The van der Waals surface area contributed by atoms with Crippen LogP contribution in [-0.2, 0) is 0 Å². The summed E-state index contributed by atoms with van der Waals surface area (Å²) in [7, 11) is 0. The summed E-state index contributed by atoms with van der Waals surface area (Å²) in [5.74, 6) is 0. The summed E-state index contributed by atoms with van der Waals surface area (Å²) in [5, 5.41) is 11.8. The van der Waals surface area contributed by atoms with E-state index in [1.54, 1.807) is 0 Å². The molecule has 9 aromatic carbocycles. The Bertz CT molecular complexity index is 3270. The normalized spacial score (nSPS) is 11.7. The van der Waals surface area contributed by atoms with E-state index in [0.717, 1.165) is 33.1 Å². The van der Waals surface area contributed by atoms with Crippen molar-refractivity contribution < 1.29 is 0 Å². The lowest BCUT2D eigenvalue weighted by molar-refractivity contribution is 1.38. The number of fused-ring (bicyclic) bond motifs is 7. The summed E-state index contributed by atoms with van der Waals surface area (Å²) >= 11 is 0. The quantitative estimate of drug-likeness (QED) is 0.136. The van der Waals surface area contributed by atoms with Gasteiger partial charge in [-0.05, 0) is 113 Å². The van der Waals surface area contributed by atoms with Gasteiger partial charge in [-0.2, -0.15) is 0 Å². The molecule has 0 spiro atoms. The van der Waals surface area contributed by atoms with Crippen molar-refractivity contribution in [1.82, 2.24) is 9.97 Å². The first kappa shape index (κ1) is 30.5. The van der Waals surface area contributed by atoms with Crippen LogP contribution in [0.15, 0.2) is 194 Å². The van der Waals surface area contributed by atoms with Crippen molar-refractivity contribution in [3.05, 3.63) is 194 Å². The minimum absolute atomic E-state index is 0.917. The van der Waals surface area contributed by atoms with Crippen molar-refractivity contribution in [2.75, 3.05) is 0 Å². The van der Waals surface area contributed by atoms with Crippen LogP contribution in [-0.4, -0.2) is 9.97 Å².